The van der Waals surface area contributed by atoms with Gasteiger partial charge in [-0.05, 0) is 6.92 Å². The molecule has 2 fully saturated rings. The molecule has 0 bridgehead atoms. The number of aryl methyl sites for hydroxylation is 1. The van der Waals surface area contributed by atoms with E-state index in [1.165, 1.54) is 4.68 Å². The van der Waals surface area contributed by atoms with Gasteiger partial charge >= 0.3 is 5.69 Å². The van der Waals surface area contributed by atoms with E-state index in [0.717, 1.165) is 19.0 Å². The standard InChI is InChI=1S/C9H13N3O3/c1-6-10-12(3-8-5-15-8)9(13)11(6)2-7-4-14-7/h7-8H,2-5H2,1H3. The van der Waals surface area contributed by atoms with Crippen molar-refractivity contribution in [2.75, 3.05) is 13.2 Å². The number of hydrogen-bond donors (Lipinski definition) is 0. The van der Waals surface area contributed by atoms with Crippen molar-refractivity contribution in [2.45, 2.75) is 32.2 Å². The highest BCUT2D eigenvalue weighted by Crippen LogP contribution is 2.12. The molecule has 15 heavy (non-hydrogen) atoms. The maximum atomic E-state index is 11.9. The highest BCUT2D eigenvalue weighted by molar-refractivity contribution is 4.87. The Morgan fingerprint density at radius 2 is 1.93 bits per heavy atom. The molecule has 1 aromatic rings. The number of aromatic nitrogens is 3. The fourth-order valence-electron chi connectivity index (χ4n) is 1.62. The largest absolute Gasteiger partial charge is 0.371 e. The van der Waals surface area contributed by atoms with Crippen LogP contribution < -0.4 is 5.69 Å². The van der Waals surface area contributed by atoms with E-state index in [9.17, 15) is 4.79 Å². The molecule has 2 saturated heterocycles. The lowest BCUT2D eigenvalue weighted by Crippen LogP contribution is -2.28. The van der Waals surface area contributed by atoms with Crippen LogP contribution in [0.15, 0.2) is 4.79 Å². The maximum Gasteiger partial charge on any atom is 0.346 e. The second-order valence-corrected chi connectivity index (χ2v) is 4.03. The molecule has 0 saturated carbocycles. The van der Waals surface area contributed by atoms with Crippen molar-refractivity contribution >= 4 is 0 Å². The maximum absolute atomic E-state index is 11.9. The Hall–Kier alpha value is -1.14. The Labute approximate surface area is 86.4 Å². The summed E-state index contributed by atoms with van der Waals surface area (Å²) in [5, 5.41) is 4.20. The zero-order valence-corrected chi connectivity index (χ0v) is 8.55. The van der Waals surface area contributed by atoms with E-state index in [0.29, 0.717) is 13.1 Å². The van der Waals surface area contributed by atoms with Gasteiger partial charge in [-0.1, -0.05) is 0 Å². The molecule has 0 aliphatic carbocycles. The van der Waals surface area contributed by atoms with Gasteiger partial charge in [0.25, 0.3) is 0 Å². The second kappa shape index (κ2) is 3.18. The van der Waals surface area contributed by atoms with Crippen LogP contribution in [0.1, 0.15) is 5.82 Å². The van der Waals surface area contributed by atoms with E-state index >= 15 is 0 Å². The summed E-state index contributed by atoms with van der Waals surface area (Å²) in [6.45, 7) is 4.52. The van der Waals surface area contributed by atoms with Gasteiger partial charge in [0.15, 0.2) is 0 Å². The minimum absolute atomic E-state index is 0.0569. The van der Waals surface area contributed by atoms with Crippen LogP contribution in [0.5, 0.6) is 0 Å². The average molecular weight is 211 g/mol. The predicted molar refractivity (Wildman–Crippen MR) is 50.7 cm³/mol. The Kier molecular flexibility index (Phi) is 1.93. The van der Waals surface area contributed by atoms with Gasteiger partial charge in [-0.25, -0.2) is 9.48 Å². The minimum atomic E-state index is -0.0569. The average Bonchev–Trinajstić information content (AvgIpc) is 3.06. The Bertz CT molecular complexity index is 428. The van der Waals surface area contributed by atoms with Gasteiger partial charge in [-0.15, -0.1) is 0 Å². The van der Waals surface area contributed by atoms with Crippen molar-refractivity contribution in [2.24, 2.45) is 0 Å². The lowest BCUT2D eigenvalue weighted by Gasteiger charge is -1.97. The molecule has 82 valence electrons. The van der Waals surface area contributed by atoms with E-state index < -0.39 is 0 Å². The molecular weight excluding hydrogens is 198 g/mol. The molecule has 2 aliphatic heterocycles. The van der Waals surface area contributed by atoms with Crippen molar-refractivity contribution in [3.63, 3.8) is 0 Å². The monoisotopic (exact) mass is 211 g/mol. The molecule has 0 N–H and O–H groups in total. The smallest absolute Gasteiger partial charge is 0.346 e. The third-order valence-corrected chi connectivity index (χ3v) is 2.68. The quantitative estimate of drug-likeness (QED) is 0.608. The molecule has 0 radical (unpaired) electrons. The van der Waals surface area contributed by atoms with E-state index in [1.54, 1.807) is 4.57 Å². The summed E-state index contributed by atoms with van der Waals surface area (Å²) in [6.07, 6.45) is 0.388. The van der Waals surface area contributed by atoms with Crippen LogP contribution in [0.2, 0.25) is 0 Å². The summed E-state index contributed by atoms with van der Waals surface area (Å²) in [6, 6.07) is 0. The first-order chi connectivity index (χ1) is 7.24. The van der Waals surface area contributed by atoms with E-state index in [2.05, 4.69) is 5.10 Å². The molecule has 3 rings (SSSR count). The van der Waals surface area contributed by atoms with E-state index in [1.807, 2.05) is 6.92 Å². The van der Waals surface area contributed by atoms with Gasteiger partial charge in [0.1, 0.15) is 11.9 Å². The van der Waals surface area contributed by atoms with Crippen molar-refractivity contribution in [3.05, 3.63) is 16.3 Å². The van der Waals surface area contributed by atoms with Crippen LogP contribution in [-0.2, 0) is 22.6 Å². The molecule has 2 unspecified atom stereocenters. The summed E-state index contributed by atoms with van der Waals surface area (Å²) in [5.74, 6) is 0.746. The van der Waals surface area contributed by atoms with Crippen LogP contribution in [0.3, 0.4) is 0 Å². The zero-order valence-electron chi connectivity index (χ0n) is 8.55. The highest BCUT2D eigenvalue weighted by atomic mass is 16.6. The van der Waals surface area contributed by atoms with E-state index in [4.69, 9.17) is 9.47 Å². The first-order valence-electron chi connectivity index (χ1n) is 5.11. The summed E-state index contributed by atoms with van der Waals surface area (Å²) in [4.78, 5) is 11.9. The topological polar surface area (TPSA) is 64.9 Å². The molecule has 0 amide bonds. The van der Waals surface area contributed by atoms with Gasteiger partial charge in [0.05, 0.1) is 32.4 Å². The fraction of sp³-hybridized carbons (Fsp3) is 0.778. The molecule has 3 heterocycles. The predicted octanol–water partition coefficient (Wildman–Crippen LogP) is -0.849. The summed E-state index contributed by atoms with van der Waals surface area (Å²) in [7, 11) is 0. The van der Waals surface area contributed by atoms with Crippen molar-refractivity contribution < 1.29 is 9.47 Å². The van der Waals surface area contributed by atoms with Crippen LogP contribution in [0.4, 0.5) is 0 Å². The third kappa shape index (κ3) is 1.82. The summed E-state index contributed by atoms with van der Waals surface area (Å²) >= 11 is 0. The van der Waals surface area contributed by atoms with Gasteiger partial charge in [0, 0.05) is 0 Å². The normalized spacial score (nSPS) is 28.1. The molecule has 2 aliphatic rings. The summed E-state index contributed by atoms with van der Waals surface area (Å²) < 4.78 is 13.3. The van der Waals surface area contributed by atoms with Crippen molar-refractivity contribution in [1.29, 1.82) is 0 Å². The molecular formula is C9H13N3O3. The first kappa shape index (κ1) is 9.11. The first-order valence-corrected chi connectivity index (χ1v) is 5.11. The van der Waals surface area contributed by atoms with Crippen molar-refractivity contribution in [3.8, 4) is 0 Å². The Morgan fingerprint density at radius 3 is 2.53 bits per heavy atom. The number of rotatable bonds is 4. The highest BCUT2D eigenvalue weighted by Gasteiger charge is 2.28. The van der Waals surface area contributed by atoms with Crippen molar-refractivity contribution in [1.82, 2.24) is 14.3 Å². The van der Waals surface area contributed by atoms with Gasteiger partial charge in [-0.2, -0.15) is 5.10 Å². The molecule has 6 nitrogen and oxygen atoms in total. The minimum Gasteiger partial charge on any atom is -0.371 e. The third-order valence-electron chi connectivity index (χ3n) is 2.68. The van der Waals surface area contributed by atoms with Crippen LogP contribution in [0, 0.1) is 6.92 Å². The van der Waals surface area contributed by atoms with Gasteiger partial charge in [0.2, 0.25) is 0 Å². The molecule has 0 aromatic carbocycles. The Morgan fingerprint density at radius 1 is 1.33 bits per heavy atom. The number of hydrogen-bond acceptors (Lipinski definition) is 4. The molecule has 2 atom stereocenters. The second-order valence-electron chi connectivity index (χ2n) is 4.03. The lowest BCUT2D eigenvalue weighted by molar-refractivity contribution is 0.364. The zero-order chi connectivity index (χ0) is 10.4. The fourth-order valence-corrected chi connectivity index (χ4v) is 1.62. The SMILES string of the molecule is Cc1nn(CC2CO2)c(=O)n1CC1CO1. The van der Waals surface area contributed by atoms with Crippen LogP contribution in [-0.4, -0.2) is 39.8 Å². The van der Waals surface area contributed by atoms with Gasteiger partial charge < -0.3 is 9.47 Å². The van der Waals surface area contributed by atoms with E-state index in [-0.39, 0.29) is 17.9 Å². The molecule has 0 spiro atoms. The molecule has 6 heteroatoms. The van der Waals surface area contributed by atoms with Gasteiger partial charge in [-0.3, -0.25) is 4.57 Å². The summed E-state index contributed by atoms with van der Waals surface area (Å²) in [5.41, 5.74) is -0.0569. The molecule has 1 aromatic heterocycles. The number of nitrogens with zero attached hydrogens (tertiary/aromatic N) is 3. The Balaban J connectivity index is 1.84. The van der Waals surface area contributed by atoms with Crippen LogP contribution in [0.25, 0.3) is 0 Å². The number of ether oxygens (including phenoxy) is 2. The van der Waals surface area contributed by atoms with Crippen LogP contribution >= 0.6 is 0 Å². The number of epoxide rings is 2. The lowest BCUT2D eigenvalue weighted by atomic mass is 10.4.